The van der Waals surface area contributed by atoms with Crippen LogP contribution in [0.15, 0.2) is 23.1 Å². The predicted octanol–water partition coefficient (Wildman–Crippen LogP) is 2.88. The lowest BCUT2D eigenvalue weighted by atomic mass is 9.47. The molecule has 5 aliphatic carbocycles. The summed E-state index contributed by atoms with van der Waals surface area (Å²) >= 11 is 5.95. The number of carbonyl (C=O) groups is 2. The van der Waals surface area contributed by atoms with E-state index in [4.69, 9.17) is 17.3 Å². The Morgan fingerprint density at radius 3 is 2.39 bits per heavy atom. The molecule has 0 heterocycles. The number of halogens is 1. The highest BCUT2D eigenvalue weighted by Crippen LogP contribution is 2.59. The summed E-state index contributed by atoms with van der Waals surface area (Å²) in [7, 11) is 0.682. The van der Waals surface area contributed by atoms with Crippen LogP contribution in [-0.2, 0) is 20.6 Å². The van der Waals surface area contributed by atoms with Gasteiger partial charge in [0.05, 0.1) is 10.4 Å². The van der Waals surface area contributed by atoms with Crippen LogP contribution in [0, 0.1) is 30.1 Å². The van der Waals surface area contributed by atoms with E-state index in [-0.39, 0.29) is 11.3 Å². The Morgan fingerprint density at radius 1 is 1.23 bits per heavy atom. The molecule has 0 radical (unpaired) electrons. The van der Waals surface area contributed by atoms with E-state index in [0.29, 0.717) is 27.8 Å². The maximum absolute atomic E-state index is 12.0. The molecule has 1 aromatic rings. The number of aldehydes is 1. The van der Waals surface area contributed by atoms with E-state index in [1.165, 1.54) is 12.8 Å². The van der Waals surface area contributed by atoms with Crippen molar-refractivity contribution in [3.8, 4) is 0 Å². The molecule has 3 atom stereocenters. The maximum atomic E-state index is 12.0. The minimum absolute atomic E-state index is 0.0311. The first-order chi connectivity index (χ1) is 14.7. The summed E-state index contributed by atoms with van der Waals surface area (Å²) in [5, 5.41) is 4.04. The van der Waals surface area contributed by atoms with Crippen molar-refractivity contribution in [1.82, 2.24) is 10.0 Å². The molecule has 4 N–H and O–H groups in total. The summed E-state index contributed by atoms with van der Waals surface area (Å²) in [4.78, 5) is 23.1. The monoisotopic (exact) mass is 465 g/mol. The zero-order valence-electron chi connectivity index (χ0n) is 18.2. The molecule has 0 spiro atoms. The van der Waals surface area contributed by atoms with Gasteiger partial charge in [0, 0.05) is 16.5 Å². The third-order valence-electron chi connectivity index (χ3n) is 7.86. The fourth-order valence-corrected chi connectivity index (χ4v) is 7.76. The van der Waals surface area contributed by atoms with Crippen molar-refractivity contribution in [2.75, 3.05) is 7.05 Å². The molecule has 1 amide bonds. The van der Waals surface area contributed by atoms with Crippen molar-refractivity contribution >= 4 is 34.8 Å². The Hall–Kier alpha value is -1.28. The summed E-state index contributed by atoms with van der Waals surface area (Å²) in [6.07, 6.45) is 8.13. The number of hydrogen-bond acceptors (Lipinski definition) is 4. The molecule has 1 aromatic carbocycles. The first-order valence-corrected chi connectivity index (χ1v) is 12.6. The summed E-state index contributed by atoms with van der Waals surface area (Å²) < 4.78 is 14.9. The van der Waals surface area contributed by atoms with Gasteiger partial charge in [-0.2, -0.15) is 0 Å². The second kappa shape index (κ2) is 8.58. The molecule has 6 nitrogen and oxygen atoms in total. The van der Waals surface area contributed by atoms with Gasteiger partial charge in [-0.1, -0.05) is 17.7 Å². The molecule has 5 fully saturated rings. The van der Waals surface area contributed by atoms with Gasteiger partial charge in [-0.3, -0.25) is 4.79 Å². The van der Waals surface area contributed by atoms with Gasteiger partial charge in [-0.15, -0.1) is 0 Å². The quantitative estimate of drug-likeness (QED) is 0.562. The number of carbonyl (C=O) groups excluding carboxylic acids is 2. The number of benzene rings is 1. The zero-order chi connectivity index (χ0) is 22.4. The Bertz CT molecular complexity index is 888. The van der Waals surface area contributed by atoms with Crippen molar-refractivity contribution in [3.63, 3.8) is 0 Å². The molecule has 8 heteroatoms. The lowest BCUT2D eigenvalue weighted by molar-refractivity contribution is -0.145. The third kappa shape index (κ3) is 4.34. The van der Waals surface area contributed by atoms with Gasteiger partial charge >= 0.3 is 0 Å². The van der Waals surface area contributed by atoms with Gasteiger partial charge in [-0.25, -0.2) is 8.93 Å². The first kappa shape index (κ1) is 22.9. The number of primary amides is 1. The Labute approximate surface area is 191 Å². The fraction of sp³-hybridized carbons (Fsp3) is 0.652. The smallest absolute Gasteiger partial charge is 0.223 e. The summed E-state index contributed by atoms with van der Waals surface area (Å²) in [5.41, 5.74) is 5.72. The normalized spacial score (nSPS) is 35.1. The predicted molar refractivity (Wildman–Crippen MR) is 122 cm³/mol. The third-order valence-corrected chi connectivity index (χ3v) is 9.70. The molecule has 5 saturated carbocycles. The molecule has 3 unspecified atom stereocenters. The van der Waals surface area contributed by atoms with Crippen LogP contribution in [-0.4, -0.2) is 35.0 Å². The molecule has 0 saturated heterocycles. The van der Waals surface area contributed by atoms with Crippen LogP contribution in [0.3, 0.4) is 0 Å². The van der Waals surface area contributed by atoms with Crippen LogP contribution in [0.4, 0.5) is 0 Å². The number of nitrogens with one attached hydrogen (secondary N) is 2. The van der Waals surface area contributed by atoms with E-state index in [1.54, 1.807) is 18.2 Å². The van der Waals surface area contributed by atoms with E-state index in [2.05, 4.69) is 17.1 Å². The van der Waals surface area contributed by atoms with Crippen LogP contribution in [0.25, 0.3) is 0 Å². The molecule has 31 heavy (non-hydrogen) atoms. The maximum Gasteiger partial charge on any atom is 0.223 e. The van der Waals surface area contributed by atoms with E-state index in [1.807, 2.05) is 6.92 Å². The largest absolute Gasteiger partial charge is 0.369 e. The molecule has 0 aliphatic heterocycles. The minimum atomic E-state index is -1.38. The van der Waals surface area contributed by atoms with Crippen LogP contribution in [0.1, 0.15) is 50.5 Å². The molecular weight excluding hydrogens is 434 g/mol. The zero-order valence-corrected chi connectivity index (χ0v) is 19.7. The first-order valence-electron chi connectivity index (χ1n) is 11.1. The number of nitrogens with two attached hydrogens (primary N) is 1. The van der Waals surface area contributed by atoms with Crippen molar-refractivity contribution in [1.29, 1.82) is 0 Å². The van der Waals surface area contributed by atoms with Gasteiger partial charge in [0.25, 0.3) is 0 Å². The van der Waals surface area contributed by atoms with Gasteiger partial charge in [0.2, 0.25) is 5.91 Å². The van der Waals surface area contributed by atoms with Crippen molar-refractivity contribution in [3.05, 3.63) is 28.8 Å². The lowest BCUT2D eigenvalue weighted by Gasteiger charge is -2.58. The summed E-state index contributed by atoms with van der Waals surface area (Å²) in [6, 6.07) is 5.91. The van der Waals surface area contributed by atoms with Gasteiger partial charge < -0.3 is 15.8 Å². The molecular formula is C23H32ClN3O3S. The Kier molecular flexibility index (Phi) is 6.34. The van der Waals surface area contributed by atoms with E-state index < -0.39 is 16.5 Å². The second-order valence-corrected chi connectivity index (χ2v) is 11.5. The highest BCUT2D eigenvalue weighted by Gasteiger charge is 2.57. The summed E-state index contributed by atoms with van der Waals surface area (Å²) in [5.74, 6) is 2.15. The molecule has 170 valence electrons. The number of amides is 1. The van der Waals surface area contributed by atoms with E-state index in [0.717, 1.165) is 49.9 Å². The fourth-order valence-electron chi connectivity index (χ4n) is 6.20. The highest BCUT2D eigenvalue weighted by molar-refractivity contribution is 7.83. The summed E-state index contributed by atoms with van der Waals surface area (Å²) in [6.45, 7) is 1.82. The van der Waals surface area contributed by atoms with E-state index >= 15 is 0 Å². The number of hydrogen-bond donors (Lipinski definition) is 3. The molecule has 6 rings (SSSR count). The van der Waals surface area contributed by atoms with Gasteiger partial charge in [-0.05, 0) is 94.4 Å². The minimum Gasteiger partial charge on any atom is -0.369 e. The van der Waals surface area contributed by atoms with Crippen LogP contribution in [0.5, 0.6) is 0 Å². The highest BCUT2D eigenvalue weighted by atomic mass is 35.5. The Balaban J connectivity index is 0.000000149. The molecule has 4 bridgehead atoms. The van der Waals surface area contributed by atoms with Gasteiger partial charge in [0.15, 0.2) is 0 Å². The standard InChI is InChI=1S/C12H20N2O.C11H12ClNO2S/c1-14-10-8-2-7-3-9(10)6-12(4-7,5-8)11(13)15;1-8-9(12)3-2-4-10(8)16(15)13-11(7-14)5-6-11/h7-10,14H,2-6H2,1H3,(H2,13,15);2-4,7,13H,5-6H2,1H3. The van der Waals surface area contributed by atoms with E-state index in [9.17, 15) is 13.8 Å². The van der Waals surface area contributed by atoms with Gasteiger partial charge in [0.1, 0.15) is 17.3 Å². The topological polar surface area (TPSA) is 101 Å². The molecule has 0 aromatic heterocycles. The van der Waals surface area contributed by atoms with Crippen molar-refractivity contribution in [2.45, 2.75) is 68.3 Å². The molecule has 5 aliphatic rings. The second-order valence-electron chi connectivity index (χ2n) is 9.94. The SMILES string of the molecule is CNC1C2CC3CC1CC(C(N)=O)(C3)C2.Cc1c(Cl)cccc1S(=O)NC1(C=O)CC1. The average molecular weight is 466 g/mol. The average Bonchev–Trinajstić information content (AvgIpc) is 3.50. The lowest BCUT2D eigenvalue weighted by Crippen LogP contribution is -2.60. The van der Waals surface area contributed by atoms with Crippen LogP contribution < -0.4 is 15.8 Å². The number of rotatable bonds is 6. The van der Waals surface area contributed by atoms with Crippen molar-refractivity contribution in [2.24, 2.45) is 28.9 Å². The van der Waals surface area contributed by atoms with Crippen molar-refractivity contribution < 1.29 is 13.8 Å². The van der Waals surface area contributed by atoms with Crippen LogP contribution >= 0.6 is 11.6 Å². The Morgan fingerprint density at radius 2 is 1.87 bits per heavy atom. The van der Waals surface area contributed by atoms with Crippen LogP contribution in [0.2, 0.25) is 5.02 Å².